The van der Waals surface area contributed by atoms with Crippen LogP contribution in [-0.2, 0) is 0 Å². The van der Waals surface area contributed by atoms with E-state index in [4.69, 9.17) is 13.9 Å². The van der Waals surface area contributed by atoms with Gasteiger partial charge in [-0.2, -0.15) is 0 Å². The molecular weight excluding hydrogens is 296 g/mol. The van der Waals surface area contributed by atoms with E-state index in [2.05, 4.69) is 25.3 Å². The first kappa shape index (κ1) is 15.2. The maximum atomic E-state index is 6.07. The van der Waals surface area contributed by atoms with Crippen LogP contribution >= 0.6 is 11.3 Å². The van der Waals surface area contributed by atoms with Crippen LogP contribution in [0.5, 0.6) is 11.5 Å². The van der Waals surface area contributed by atoms with Gasteiger partial charge < -0.3 is 13.9 Å². The number of furan rings is 1. The van der Waals surface area contributed by atoms with Crippen LogP contribution in [0.2, 0.25) is 0 Å². The molecule has 3 rings (SSSR count). The lowest BCUT2D eigenvalue weighted by Crippen LogP contribution is -2.00. The van der Waals surface area contributed by atoms with Gasteiger partial charge >= 0.3 is 0 Å². The Morgan fingerprint density at radius 2 is 1.68 bits per heavy atom. The molecular formula is C18H22O3S. The number of rotatable bonds is 8. The highest BCUT2D eigenvalue weighted by molar-refractivity contribution is 7.17. The molecule has 2 heterocycles. The summed E-state index contributed by atoms with van der Waals surface area (Å²) in [7, 11) is 0. The quantitative estimate of drug-likeness (QED) is 0.477. The number of ether oxygens (including phenoxy) is 2. The minimum absolute atomic E-state index is 0.716. The van der Waals surface area contributed by atoms with Gasteiger partial charge in [-0.05, 0) is 30.4 Å². The Morgan fingerprint density at radius 1 is 0.955 bits per heavy atom. The van der Waals surface area contributed by atoms with E-state index in [1.807, 2.05) is 6.07 Å². The van der Waals surface area contributed by atoms with Crippen LogP contribution in [0.4, 0.5) is 0 Å². The molecule has 0 aliphatic carbocycles. The molecule has 118 valence electrons. The number of hydrogen-bond donors (Lipinski definition) is 0. The maximum absolute atomic E-state index is 6.07. The van der Waals surface area contributed by atoms with E-state index >= 15 is 0 Å². The molecule has 0 saturated carbocycles. The first-order valence-corrected chi connectivity index (χ1v) is 8.90. The molecule has 0 bridgehead atoms. The SMILES string of the molecule is CCCCOc1c2ccsc2c(OCCCC)c2ccoc12. The van der Waals surface area contributed by atoms with Gasteiger partial charge in [0.1, 0.15) is 5.75 Å². The summed E-state index contributed by atoms with van der Waals surface area (Å²) in [6.07, 6.45) is 6.06. The van der Waals surface area contributed by atoms with Crippen molar-refractivity contribution in [1.82, 2.24) is 0 Å². The average molecular weight is 318 g/mol. The van der Waals surface area contributed by atoms with Gasteiger partial charge in [-0.3, -0.25) is 0 Å². The third-order valence-corrected chi connectivity index (χ3v) is 4.63. The Balaban J connectivity index is 2.05. The van der Waals surface area contributed by atoms with Crippen molar-refractivity contribution in [3.05, 3.63) is 23.8 Å². The van der Waals surface area contributed by atoms with E-state index in [0.717, 1.165) is 64.8 Å². The maximum Gasteiger partial charge on any atom is 0.180 e. The molecule has 0 saturated heterocycles. The summed E-state index contributed by atoms with van der Waals surface area (Å²) in [5, 5.41) is 4.19. The van der Waals surface area contributed by atoms with E-state index in [0.29, 0.717) is 6.61 Å². The van der Waals surface area contributed by atoms with Crippen molar-refractivity contribution < 1.29 is 13.9 Å². The normalized spacial score (nSPS) is 11.4. The molecule has 3 aromatic rings. The summed E-state index contributed by atoms with van der Waals surface area (Å²) in [6.45, 7) is 5.78. The Labute approximate surface area is 134 Å². The number of hydrogen-bond acceptors (Lipinski definition) is 4. The molecule has 0 fully saturated rings. The first-order valence-electron chi connectivity index (χ1n) is 8.02. The molecule has 0 N–H and O–H groups in total. The van der Waals surface area contributed by atoms with E-state index in [9.17, 15) is 0 Å². The van der Waals surface area contributed by atoms with E-state index in [1.54, 1.807) is 17.6 Å². The van der Waals surface area contributed by atoms with Crippen LogP contribution in [-0.4, -0.2) is 13.2 Å². The third kappa shape index (κ3) is 2.80. The van der Waals surface area contributed by atoms with Crippen molar-refractivity contribution in [3.63, 3.8) is 0 Å². The summed E-state index contributed by atoms with van der Waals surface area (Å²) in [4.78, 5) is 0. The van der Waals surface area contributed by atoms with Crippen molar-refractivity contribution in [2.75, 3.05) is 13.2 Å². The minimum Gasteiger partial charge on any atom is -0.491 e. The molecule has 0 unspecified atom stereocenters. The highest BCUT2D eigenvalue weighted by Gasteiger charge is 2.19. The minimum atomic E-state index is 0.716. The second-order valence-corrected chi connectivity index (χ2v) is 6.31. The average Bonchev–Trinajstić information content (AvgIpc) is 3.18. The zero-order valence-electron chi connectivity index (χ0n) is 13.2. The largest absolute Gasteiger partial charge is 0.491 e. The van der Waals surface area contributed by atoms with Crippen LogP contribution in [0, 0.1) is 0 Å². The third-order valence-electron chi connectivity index (χ3n) is 3.72. The van der Waals surface area contributed by atoms with Crippen molar-refractivity contribution in [3.8, 4) is 11.5 Å². The molecule has 3 nitrogen and oxygen atoms in total. The topological polar surface area (TPSA) is 31.6 Å². The fourth-order valence-electron chi connectivity index (χ4n) is 2.50. The molecule has 4 heteroatoms. The second kappa shape index (κ2) is 7.05. The molecule has 2 aromatic heterocycles. The molecule has 22 heavy (non-hydrogen) atoms. The van der Waals surface area contributed by atoms with E-state index < -0.39 is 0 Å². The zero-order valence-corrected chi connectivity index (χ0v) is 14.0. The van der Waals surface area contributed by atoms with Gasteiger partial charge in [0.2, 0.25) is 0 Å². The van der Waals surface area contributed by atoms with Crippen molar-refractivity contribution in [2.24, 2.45) is 0 Å². The second-order valence-electron chi connectivity index (χ2n) is 5.39. The summed E-state index contributed by atoms with van der Waals surface area (Å²) in [5.74, 6) is 1.79. The van der Waals surface area contributed by atoms with Crippen molar-refractivity contribution >= 4 is 32.4 Å². The van der Waals surface area contributed by atoms with Crippen molar-refractivity contribution in [2.45, 2.75) is 39.5 Å². The first-order chi connectivity index (χ1) is 10.9. The number of benzene rings is 1. The van der Waals surface area contributed by atoms with Crippen LogP contribution in [0.15, 0.2) is 28.2 Å². The molecule has 0 amide bonds. The lowest BCUT2D eigenvalue weighted by Gasteiger charge is -2.12. The van der Waals surface area contributed by atoms with Crippen molar-refractivity contribution in [1.29, 1.82) is 0 Å². The molecule has 0 aliphatic rings. The van der Waals surface area contributed by atoms with Gasteiger partial charge in [0, 0.05) is 5.39 Å². The Hall–Kier alpha value is -1.68. The molecule has 0 spiro atoms. The lowest BCUT2D eigenvalue weighted by atomic mass is 10.1. The molecule has 0 radical (unpaired) electrons. The highest BCUT2D eigenvalue weighted by Crippen LogP contribution is 2.45. The van der Waals surface area contributed by atoms with Crippen LogP contribution in [0.25, 0.3) is 21.1 Å². The predicted octanol–water partition coefficient (Wildman–Crippen LogP) is 6.01. The van der Waals surface area contributed by atoms with E-state index in [1.165, 1.54) is 0 Å². The highest BCUT2D eigenvalue weighted by atomic mass is 32.1. The van der Waals surface area contributed by atoms with E-state index in [-0.39, 0.29) is 0 Å². The Bertz CT molecular complexity index is 631. The fourth-order valence-corrected chi connectivity index (χ4v) is 3.40. The van der Waals surface area contributed by atoms with Gasteiger partial charge in [0.15, 0.2) is 11.3 Å². The van der Waals surface area contributed by atoms with Crippen LogP contribution in [0.3, 0.4) is 0 Å². The lowest BCUT2D eigenvalue weighted by molar-refractivity contribution is 0.308. The molecule has 0 atom stereocenters. The van der Waals surface area contributed by atoms with Gasteiger partial charge in [-0.15, -0.1) is 11.3 Å². The zero-order chi connectivity index (χ0) is 15.4. The van der Waals surface area contributed by atoms with Gasteiger partial charge in [-0.25, -0.2) is 0 Å². The van der Waals surface area contributed by atoms with Gasteiger partial charge in [-0.1, -0.05) is 26.7 Å². The standard InChI is InChI=1S/C18H22O3S/c1-3-5-9-19-16-14-8-12-22-18(14)17(20-10-6-4-2)13-7-11-21-15(13)16/h7-8,11-12H,3-6,9-10H2,1-2H3. The number of fused-ring (bicyclic) bond motifs is 2. The molecule has 0 aliphatic heterocycles. The number of thiophene rings is 1. The fraction of sp³-hybridized carbons (Fsp3) is 0.444. The number of unbranched alkanes of at least 4 members (excludes halogenated alkanes) is 2. The summed E-state index contributed by atoms with van der Waals surface area (Å²) in [5.41, 5.74) is 0.800. The Morgan fingerprint density at radius 3 is 2.41 bits per heavy atom. The van der Waals surface area contributed by atoms with Crippen LogP contribution in [0.1, 0.15) is 39.5 Å². The summed E-state index contributed by atoms with van der Waals surface area (Å²) < 4.78 is 18.9. The summed E-state index contributed by atoms with van der Waals surface area (Å²) in [6, 6.07) is 4.07. The van der Waals surface area contributed by atoms with Crippen LogP contribution < -0.4 is 9.47 Å². The predicted molar refractivity (Wildman–Crippen MR) is 92.4 cm³/mol. The summed E-state index contributed by atoms with van der Waals surface area (Å²) >= 11 is 1.70. The smallest absolute Gasteiger partial charge is 0.180 e. The van der Waals surface area contributed by atoms with Gasteiger partial charge in [0.25, 0.3) is 0 Å². The van der Waals surface area contributed by atoms with Gasteiger partial charge in [0.05, 0.1) is 29.6 Å². The monoisotopic (exact) mass is 318 g/mol. The Kier molecular flexibility index (Phi) is 4.88. The molecule has 1 aromatic carbocycles.